The predicted molar refractivity (Wildman–Crippen MR) is 64.5 cm³/mol. The van der Waals surface area contributed by atoms with E-state index in [0.29, 0.717) is 5.58 Å². The molecule has 0 aliphatic heterocycles. The fraction of sp³-hybridized carbons (Fsp3) is 0.167. The van der Waals surface area contributed by atoms with Gasteiger partial charge in [0, 0.05) is 11.5 Å². The number of fused-ring (bicyclic) bond motifs is 1. The third kappa shape index (κ3) is 3.21. The van der Waals surface area contributed by atoms with Crippen LogP contribution in [0.4, 0.5) is 0 Å². The molecule has 2 aromatic rings. The highest BCUT2D eigenvalue weighted by Gasteiger charge is 1.96. The van der Waals surface area contributed by atoms with Crippen LogP contribution < -0.4 is 5.63 Å². The van der Waals surface area contributed by atoms with Crippen molar-refractivity contribution in [2.24, 2.45) is 0 Å². The molecular formula is C12H11ClO3. The third-order valence-corrected chi connectivity index (χ3v) is 2.09. The normalized spacial score (nSPS) is 9.38. The summed E-state index contributed by atoms with van der Waals surface area (Å²) in [4.78, 5) is 19.4. The Kier molecular flexibility index (Phi) is 4.73. The van der Waals surface area contributed by atoms with E-state index < -0.39 is 0 Å². The SMILES string of the molecule is CCc1ccc2oc(=O)ccc2c1.O=CCl. The number of benzene rings is 1. The second kappa shape index (κ2) is 6.08. The number of aryl methyl sites for hydroxylation is 1. The van der Waals surface area contributed by atoms with Gasteiger partial charge in [0.05, 0.1) is 0 Å². The summed E-state index contributed by atoms with van der Waals surface area (Å²) in [5.41, 5.74) is 1.61. The monoisotopic (exact) mass is 238 g/mol. The number of carbonyl (C=O) groups excluding carboxylic acids is 1. The van der Waals surface area contributed by atoms with Crippen LogP contribution in [0.3, 0.4) is 0 Å². The molecule has 0 unspecified atom stereocenters. The van der Waals surface area contributed by atoms with Crippen LogP contribution in [0.2, 0.25) is 0 Å². The lowest BCUT2D eigenvalue weighted by Crippen LogP contribution is -1.94. The van der Waals surface area contributed by atoms with Crippen molar-refractivity contribution < 1.29 is 9.21 Å². The molecule has 0 aliphatic carbocycles. The Balaban J connectivity index is 0.000000386. The summed E-state index contributed by atoms with van der Waals surface area (Å²) in [5.74, 6) is 0.222. The zero-order valence-electron chi connectivity index (χ0n) is 8.77. The Hall–Kier alpha value is -1.61. The lowest BCUT2D eigenvalue weighted by atomic mass is 10.1. The molecule has 0 radical (unpaired) electrons. The molecule has 1 heterocycles. The van der Waals surface area contributed by atoms with E-state index in [2.05, 4.69) is 18.5 Å². The average molecular weight is 239 g/mol. The number of hydrogen-bond acceptors (Lipinski definition) is 3. The van der Waals surface area contributed by atoms with Gasteiger partial charge in [-0.1, -0.05) is 13.0 Å². The number of rotatable bonds is 1. The molecule has 4 heteroatoms. The van der Waals surface area contributed by atoms with Gasteiger partial charge in [0.2, 0.25) is 5.75 Å². The van der Waals surface area contributed by atoms with E-state index in [0.717, 1.165) is 11.8 Å². The van der Waals surface area contributed by atoms with Crippen molar-refractivity contribution in [3.63, 3.8) is 0 Å². The maximum atomic E-state index is 10.9. The molecule has 0 bridgehead atoms. The molecule has 0 N–H and O–H groups in total. The number of carbonyl (C=O) groups is 1. The van der Waals surface area contributed by atoms with Gasteiger partial charge in [-0.3, -0.25) is 4.79 Å². The molecule has 0 aliphatic rings. The zero-order chi connectivity index (χ0) is 12.0. The summed E-state index contributed by atoms with van der Waals surface area (Å²) in [6.45, 7) is 2.10. The van der Waals surface area contributed by atoms with Gasteiger partial charge in [0.25, 0.3) is 0 Å². The van der Waals surface area contributed by atoms with E-state index in [4.69, 9.17) is 9.21 Å². The molecule has 0 saturated carbocycles. The molecule has 0 amide bonds. The Labute approximate surface area is 97.6 Å². The predicted octanol–water partition coefficient (Wildman–Crippen LogP) is 2.77. The van der Waals surface area contributed by atoms with Crippen molar-refractivity contribution in [3.8, 4) is 0 Å². The van der Waals surface area contributed by atoms with Gasteiger partial charge in [-0.2, -0.15) is 0 Å². The topological polar surface area (TPSA) is 47.3 Å². The van der Waals surface area contributed by atoms with E-state index in [1.807, 2.05) is 18.2 Å². The Bertz CT molecular complexity index is 531. The molecule has 0 atom stereocenters. The van der Waals surface area contributed by atoms with E-state index >= 15 is 0 Å². The second-order valence-corrected chi connectivity index (χ2v) is 3.25. The molecule has 1 aromatic heterocycles. The van der Waals surface area contributed by atoms with Gasteiger partial charge in [-0.25, -0.2) is 4.79 Å². The molecular weight excluding hydrogens is 228 g/mol. The van der Waals surface area contributed by atoms with Gasteiger partial charge in [0.1, 0.15) is 5.58 Å². The zero-order valence-corrected chi connectivity index (χ0v) is 9.53. The minimum atomic E-state index is -0.295. The van der Waals surface area contributed by atoms with Crippen LogP contribution in [-0.2, 0) is 11.2 Å². The number of halogens is 1. The lowest BCUT2D eigenvalue weighted by Gasteiger charge is -1.98. The summed E-state index contributed by atoms with van der Waals surface area (Å²) in [6, 6.07) is 9.10. The molecule has 0 saturated heterocycles. The highest BCUT2D eigenvalue weighted by molar-refractivity contribution is 6.54. The van der Waals surface area contributed by atoms with Crippen molar-refractivity contribution in [1.82, 2.24) is 0 Å². The highest BCUT2D eigenvalue weighted by Crippen LogP contribution is 2.13. The van der Waals surface area contributed by atoms with Crippen LogP contribution in [0.5, 0.6) is 0 Å². The summed E-state index contributed by atoms with van der Waals surface area (Å²) in [5, 5.41) is 0.985. The molecule has 0 spiro atoms. The Morgan fingerprint density at radius 3 is 2.62 bits per heavy atom. The summed E-state index contributed by atoms with van der Waals surface area (Å²) < 4.78 is 5.01. The average Bonchev–Trinajstić information content (AvgIpc) is 2.29. The maximum Gasteiger partial charge on any atom is 0.336 e. The van der Waals surface area contributed by atoms with Gasteiger partial charge < -0.3 is 4.42 Å². The number of hydrogen-bond donors (Lipinski definition) is 0. The van der Waals surface area contributed by atoms with Gasteiger partial charge in [-0.15, -0.1) is 0 Å². The fourth-order valence-corrected chi connectivity index (χ4v) is 1.34. The highest BCUT2D eigenvalue weighted by atomic mass is 35.5. The first kappa shape index (κ1) is 12.5. The third-order valence-electron chi connectivity index (χ3n) is 2.09. The van der Waals surface area contributed by atoms with Crippen LogP contribution >= 0.6 is 11.6 Å². The quantitative estimate of drug-likeness (QED) is 0.436. The summed E-state index contributed by atoms with van der Waals surface area (Å²) >= 11 is 4.32. The Morgan fingerprint density at radius 1 is 1.31 bits per heavy atom. The van der Waals surface area contributed by atoms with Gasteiger partial charge >= 0.3 is 5.63 Å². The molecule has 0 fully saturated rings. The summed E-state index contributed by atoms with van der Waals surface area (Å²) in [6.07, 6.45) is 0.995. The van der Waals surface area contributed by atoms with E-state index in [1.54, 1.807) is 6.07 Å². The smallest absolute Gasteiger partial charge is 0.336 e. The molecule has 2 rings (SSSR count). The van der Waals surface area contributed by atoms with E-state index in [-0.39, 0.29) is 11.4 Å². The van der Waals surface area contributed by atoms with Crippen LogP contribution in [-0.4, -0.2) is 5.75 Å². The van der Waals surface area contributed by atoms with Crippen LogP contribution in [0.1, 0.15) is 12.5 Å². The first-order valence-corrected chi connectivity index (χ1v) is 5.21. The summed E-state index contributed by atoms with van der Waals surface area (Å²) in [7, 11) is 0. The standard InChI is InChI=1S/C11H10O2.CHClO/c1-2-8-3-5-10-9(7-8)4-6-11(12)13-10;2-1-3/h3-7H,2H2,1H3;1H. The lowest BCUT2D eigenvalue weighted by molar-refractivity contribution is 0.561. The minimum Gasteiger partial charge on any atom is -0.423 e. The van der Waals surface area contributed by atoms with Crippen molar-refractivity contribution in [3.05, 3.63) is 46.3 Å². The van der Waals surface area contributed by atoms with Gasteiger partial charge in [-0.05, 0) is 41.8 Å². The van der Waals surface area contributed by atoms with Crippen molar-refractivity contribution in [2.75, 3.05) is 0 Å². The fourth-order valence-electron chi connectivity index (χ4n) is 1.34. The molecule has 3 nitrogen and oxygen atoms in total. The van der Waals surface area contributed by atoms with E-state index in [9.17, 15) is 4.79 Å². The van der Waals surface area contributed by atoms with Crippen molar-refractivity contribution >= 4 is 28.3 Å². The minimum absolute atomic E-state index is 0.222. The van der Waals surface area contributed by atoms with Crippen molar-refractivity contribution in [2.45, 2.75) is 13.3 Å². The molecule has 16 heavy (non-hydrogen) atoms. The first-order valence-electron chi connectivity index (χ1n) is 4.78. The van der Waals surface area contributed by atoms with Crippen LogP contribution in [0.15, 0.2) is 39.5 Å². The molecule has 84 valence electrons. The Morgan fingerprint density at radius 2 is 2.00 bits per heavy atom. The largest absolute Gasteiger partial charge is 0.423 e. The maximum absolute atomic E-state index is 10.9. The second-order valence-electron chi connectivity index (χ2n) is 3.07. The van der Waals surface area contributed by atoms with E-state index in [1.165, 1.54) is 11.6 Å². The van der Waals surface area contributed by atoms with Crippen LogP contribution in [0, 0.1) is 0 Å². The van der Waals surface area contributed by atoms with Crippen molar-refractivity contribution in [1.29, 1.82) is 0 Å². The molecule has 1 aromatic carbocycles. The van der Waals surface area contributed by atoms with Crippen LogP contribution in [0.25, 0.3) is 11.0 Å². The van der Waals surface area contributed by atoms with Gasteiger partial charge in [0.15, 0.2) is 0 Å². The first-order chi connectivity index (χ1) is 7.71.